The highest BCUT2D eigenvalue weighted by Gasteiger charge is 2.47. The maximum atomic E-state index is 12.3. The number of nitrogens with one attached hydrogen (secondary N) is 1. The van der Waals surface area contributed by atoms with Gasteiger partial charge >= 0.3 is 0 Å². The summed E-state index contributed by atoms with van der Waals surface area (Å²) >= 11 is 6.08. The molecule has 1 aliphatic heterocycles. The van der Waals surface area contributed by atoms with Crippen LogP contribution in [0, 0.1) is 18.8 Å². The lowest BCUT2D eigenvalue weighted by Crippen LogP contribution is -2.38. The van der Waals surface area contributed by atoms with E-state index in [9.17, 15) is 14.4 Å². The van der Waals surface area contributed by atoms with Crippen LogP contribution in [0.4, 0.5) is 5.69 Å². The largest absolute Gasteiger partial charge is 0.323 e. The Labute approximate surface area is 139 Å². The minimum atomic E-state index is -0.427. The van der Waals surface area contributed by atoms with E-state index in [1.54, 1.807) is 12.1 Å². The fraction of sp³-hybridized carbons (Fsp3) is 0.353. The van der Waals surface area contributed by atoms with Crippen LogP contribution in [-0.2, 0) is 14.4 Å². The fourth-order valence-electron chi connectivity index (χ4n) is 3.08. The summed E-state index contributed by atoms with van der Waals surface area (Å²) in [6.07, 6.45) is 4.97. The molecule has 2 aliphatic rings. The molecule has 5 nitrogen and oxygen atoms in total. The molecular formula is C17H17ClN2O3. The number of benzene rings is 1. The number of likely N-dealkylation sites (tertiary alicyclic amines) is 1. The van der Waals surface area contributed by atoms with Crippen LogP contribution >= 0.6 is 11.6 Å². The maximum Gasteiger partial charge on any atom is 0.244 e. The molecule has 0 saturated carbocycles. The summed E-state index contributed by atoms with van der Waals surface area (Å²) in [6, 6.07) is 5.27. The Morgan fingerprint density at radius 3 is 2.39 bits per heavy atom. The zero-order valence-electron chi connectivity index (χ0n) is 12.7. The van der Waals surface area contributed by atoms with Crippen molar-refractivity contribution in [2.75, 3.05) is 11.9 Å². The van der Waals surface area contributed by atoms with Gasteiger partial charge in [-0.05, 0) is 37.5 Å². The van der Waals surface area contributed by atoms with E-state index in [4.69, 9.17) is 11.6 Å². The summed E-state index contributed by atoms with van der Waals surface area (Å²) in [7, 11) is 0. The number of carbonyl (C=O) groups excluding carboxylic acids is 3. The molecule has 1 aliphatic carbocycles. The van der Waals surface area contributed by atoms with Gasteiger partial charge in [0.25, 0.3) is 0 Å². The molecule has 6 heteroatoms. The first kappa shape index (κ1) is 15.7. The smallest absolute Gasteiger partial charge is 0.244 e. The average Bonchev–Trinajstić information content (AvgIpc) is 2.76. The van der Waals surface area contributed by atoms with Crippen LogP contribution in [0.3, 0.4) is 0 Å². The van der Waals surface area contributed by atoms with E-state index in [2.05, 4.69) is 5.32 Å². The van der Waals surface area contributed by atoms with Crippen LogP contribution in [0.5, 0.6) is 0 Å². The number of rotatable bonds is 3. The molecule has 1 fully saturated rings. The Morgan fingerprint density at radius 2 is 1.83 bits per heavy atom. The number of imide groups is 1. The quantitative estimate of drug-likeness (QED) is 0.683. The molecule has 0 bridgehead atoms. The molecule has 1 aromatic carbocycles. The fourth-order valence-corrected chi connectivity index (χ4v) is 3.36. The van der Waals surface area contributed by atoms with Crippen LogP contribution in [0.1, 0.15) is 18.4 Å². The number of nitrogens with zero attached hydrogens (tertiary/aromatic N) is 1. The van der Waals surface area contributed by atoms with E-state index in [1.165, 1.54) is 0 Å². The van der Waals surface area contributed by atoms with Gasteiger partial charge in [0, 0.05) is 0 Å². The van der Waals surface area contributed by atoms with E-state index in [-0.39, 0.29) is 30.2 Å². The summed E-state index contributed by atoms with van der Waals surface area (Å²) in [4.78, 5) is 37.9. The summed E-state index contributed by atoms with van der Waals surface area (Å²) < 4.78 is 0. The van der Waals surface area contributed by atoms with Crippen molar-refractivity contribution >= 4 is 35.0 Å². The number of carbonyl (C=O) groups is 3. The third-order valence-electron chi connectivity index (χ3n) is 4.30. The summed E-state index contributed by atoms with van der Waals surface area (Å²) in [6.45, 7) is 1.63. The minimum absolute atomic E-state index is 0.255. The molecular weight excluding hydrogens is 316 g/mol. The summed E-state index contributed by atoms with van der Waals surface area (Å²) in [5, 5.41) is 3.08. The number of hydrogen-bond donors (Lipinski definition) is 1. The van der Waals surface area contributed by atoms with Crippen LogP contribution in [0.15, 0.2) is 30.4 Å². The molecule has 0 spiro atoms. The molecule has 0 radical (unpaired) electrons. The highest BCUT2D eigenvalue weighted by molar-refractivity contribution is 6.33. The number of halogens is 1. The van der Waals surface area contributed by atoms with Gasteiger partial charge in [0.05, 0.1) is 22.5 Å². The van der Waals surface area contributed by atoms with Crippen molar-refractivity contribution < 1.29 is 14.4 Å². The second kappa shape index (κ2) is 6.16. The number of anilines is 1. The van der Waals surface area contributed by atoms with Gasteiger partial charge in [-0.25, -0.2) is 0 Å². The van der Waals surface area contributed by atoms with Crippen molar-refractivity contribution in [2.24, 2.45) is 11.8 Å². The first-order valence-corrected chi connectivity index (χ1v) is 7.91. The Kier molecular flexibility index (Phi) is 4.22. The molecule has 1 N–H and O–H groups in total. The standard InChI is InChI=1S/C17H17ClN2O3/c1-10-6-7-14(13(18)8-10)19-15(21)9-20-16(22)11-4-2-3-5-12(11)17(20)23/h2-3,6-8,11-12H,4-5,9H2,1H3,(H,19,21)/t11-,12+. The lowest BCUT2D eigenvalue weighted by atomic mass is 9.85. The highest BCUT2D eigenvalue weighted by Crippen LogP contribution is 2.35. The predicted molar refractivity (Wildman–Crippen MR) is 86.9 cm³/mol. The molecule has 1 aromatic rings. The zero-order chi connectivity index (χ0) is 16.6. The van der Waals surface area contributed by atoms with Crippen molar-refractivity contribution in [3.63, 3.8) is 0 Å². The number of amides is 3. The van der Waals surface area contributed by atoms with E-state index < -0.39 is 5.91 Å². The van der Waals surface area contributed by atoms with Gasteiger partial charge in [0.2, 0.25) is 17.7 Å². The number of hydrogen-bond acceptors (Lipinski definition) is 3. The monoisotopic (exact) mass is 332 g/mol. The number of allylic oxidation sites excluding steroid dienone is 2. The van der Waals surface area contributed by atoms with Crippen molar-refractivity contribution in [3.05, 3.63) is 40.9 Å². The lowest BCUT2D eigenvalue weighted by Gasteiger charge is -2.15. The topological polar surface area (TPSA) is 66.5 Å². The van der Waals surface area contributed by atoms with Gasteiger partial charge in [-0.2, -0.15) is 0 Å². The molecule has 0 unspecified atom stereocenters. The van der Waals surface area contributed by atoms with E-state index >= 15 is 0 Å². The summed E-state index contributed by atoms with van der Waals surface area (Å²) in [5.41, 5.74) is 1.45. The van der Waals surface area contributed by atoms with Crippen molar-refractivity contribution in [2.45, 2.75) is 19.8 Å². The second-order valence-corrected chi connectivity index (χ2v) is 6.36. The zero-order valence-corrected chi connectivity index (χ0v) is 13.5. The second-order valence-electron chi connectivity index (χ2n) is 5.95. The van der Waals surface area contributed by atoms with Gasteiger partial charge < -0.3 is 5.32 Å². The normalized spacial score (nSPS) is 23.1. The van der Waals surface area contributed by atoms with Gasteiger partial charge in [-0.15, -0.1) is 0 Å². The van der Waals surface area contributed by atoms with Gasteiger partial charge in [-0.1, -0.05) is 29.8 Å². The summed E-state index contributed by atoms with van der Waals surface area (Å²) in [5.74, 6) is -1.57. The average molecular weight is 333 g/mol. The van der Waals surface area contributed by atoms with Crippen molar-refractivity contribution in [3.8, 4) is 0 Å². The third kappa shape index (κ3) is 3.01. The van der Waals surface area contributed by atoms with Gasteiger partial charge in [-0.3, -0.25) is 19.3 Å². The molecule has 3 amide bonds. The van der Waals surface area contributed by atoms with Gasteiger partial charge in [0.15, 0.2) is 0 Å². The van der Waals surface area contributed by atoms with Crippen LogP contribution in [0.25, 0.3) is 0 Å². The van der Waals surface area contributed by atoms with Crippen molar-refractivity contribution in [1.82, 2.24) is 4.90 Å². The lowest BCUT2D eigenvalue weighted by molar-refractivity contribution is -0.142. The maximum absolute atomic E-state index is 12.3. The van der Waals surface area contributed by atoms with E-state index in [0.717, 1.165) is 10.5 Å². The Bertz CT molecular complexity index is 688. The first-order chi connectivity index (χ1) is 11.0. The van der Waals surface area contributed by atoms with Gasteiger partial charge in [0.1, 0.15) is 6.54 Å². The van der Waals surface area contributed by atoms with E-state index in [1.807, 2.05) is 25.1 Å². The number of aryl methyl sites for hydroxylation is 1. The SMILES string of the molecule is Cc1ccc(NC(=O)CN2C(=O)[C@H]3CC=CC[C@H]3C2=O)c(Cl)c1. The Hall–Kier alpha value is -2.14. The first-order valence-electron chi connectivity index (χ1n) is 7.53. The minimum Gasteiger partial charge on any atom is -0.323 e. The number of fused-ring (bicyclic) bond motifs is 1. The van der Waals surface area contributed by atoms with Crippen LogP contribution in [-0.4, -0.2) is 29.2 Å². The Morgan fingerprint density at radius 1 is 1.22 bits per heavy atom. The Balaban J connectivity index is 1.68. The molecule has 1 heterocycles. The third-order valence-corrected chi connectivity index (χ3v) is 4.61. The van der Waals surface area contributed by atoms with Crippen LogP contribution in [0.2, 0.25) is 5.02 Å². The molecule has 1 saturated heterocycles. The molecule has 0 aromatic heterocycles. The van der Waals surface area contributed by atoms with Crippen molar-refractivity contribution in [1.29, 1.82) is 0 Å². The molecule has 3 rings (SSSR count). The van der Waals surface area contributed by atoms with Crippen LogP contribution < -0.4 is 5.32 Å². The predicted octanol–water partition coefficient (Wildman–Crippen LogP) is 2.54. The highest BCUT2D eigenvalue weighted by atomic mass is 35.5. The molecule has 120 valence electrons. The molecule has 23 heavy (non-hydrogen) atoms. The van der Waals surface area contributed by atoms with E-state index in [0.29, 0.717) is 23.6 Å². The molecule has 2 atom stereocenters.